The third-order valence-electron chi connectivity index (χ3n) is 3.20. The number of carbonyl (C=O) groups is 2. The Morgan fingerprint density at radius 2 is 1.53 bits per heavy atom. The van der Waals surface area contributed by atoms with Gasteiger partial charge in [-0.25, -0.2) is 0 Å². The van der Waals surface area contributed by atoms with E-state index in [1.165, 1.54) is 12.2 Å². The Morgan fingerprint density at radius 3 is 2.11 bits per heavy atom. The SMILES string of the molecule is CCCCNC1=C2C(=O)C=CC(NC)=C2C(=O)C=C1. The van der Waals surface area contributed by atoms with Gasteiger partial charge in [0.15, 0.2) is 11.6 Å². The van der Waals surface area contributed by atoms with Crippen LogP contribution in [-0.2, 0) is 9.59 Å². The van der Waals surface area contributed by atoms with Gasteiger partial charge in [-0.2, -0.15) is 0 Å². The highest BCUT2D eigenvalue weighted by Crippen LogP contribution is 2.28. The number of unbranched alkanes of at least 4 members (excludes halogenated alkanes) is 1. The summed E-state index contributed by atoms with van der Waals surface area (Å²) in [5.74, 6) is -0.246. The summed E-state index contributed by atoms with van der Waals surface area (Å²) in [6.45, 7) is 2.91. The van der Waals surface area contributed by atoms with E-state index in [1.54, 1.807) is 19.2 Å². The summed E-state index contributed by atoms with van der Waals surface area (Å²) in [5.41, 5.74) is 2.39. The fourth-order valence-electron chi connectivity index (χ4n) is 2.19. The average Bonchev–Trinajstić information content (AvgIpc) is 2.42. The molecular formula is C15H18N2O2. The molecule has 0 aliphatic heterocycles. The number of nitrogens with one attached hydrogen (secondary N) is 2. The molecule has 0 saturated heterocycles. The number of hydrogen-bond donors (Lipinski definition) is 2. The van der Waals surface area contributed by atoms with Crippen molar-refractivity contribution in [1.82, 2.24) is 10.6 Å². The molecule has 0 bridgehead atoms. The highest BCUT2D eigenvalue weighted by Gasteiger charge is 2.29. The smallest absolute Gasteiger partial charge is 0.188 e. The van der Waals surface area contributed by atoms with Crippen LogP contribution in [0.15, 0.2) is 46.8 Å². The van der Waals surface area contributed by atoms with Crippen LogP contribution in [-0.4, -0.2) is 25.2 Å². The second-order valence-electron chi connectivity index (χ2n) is 4.50. The lowest BCUT2D eigenvalue weighted by atomic mass is 9.86. The summed E-state index contributed by atoms with van der Waals surface area (Å²) in [6.07, 6.45) is 8.47. The number of likely N-dealkylation sites (N-methyl/N-ethyl adjacent to an activating group) is 1. The number of ketones is 2. The molecule has 0 fully saturated rings. The van der Waals surface area contributed by atoms with Crippen molar-refractivity contribution >= 4 is 11.6 Å². The van der Waals surface area contributed by atoms with Crippen molar-refractivity contribution in [2.75, 3.05) is 13.6 Å². The standard InChI is InChI=1S/C15H18N2O2/c1-3-4-9-17-11-6-8-12(18)14-10(16-2)5-7-13(19)15(11)14/h5-8,16-17H,3-4,9H2,1-2H3. The molecule has 0 amide bonds. The van der Waals surface area contributed by atoms with Gasteiger partial charge >= 0.3 is 0 Å². The molecule has 0 unspecified atom stereocenters. The molecule has 0 aromatic carbocycles. The van der Waals surface area contributed by atoms with Crippen LogP contribution in [0.4, 0.5) is 0 Å². The molecule has 2 N–H and O–H groups in total. The van der Waals surface area contributed by atoms with Crippen molar-refractivity contribution in [3.05, 3.63) is 46.8 Å². The van der Waals surface area contributed by atoms with Gasteiger partial charge in [0.25, 0.3) is 0 Å². The predicted molar refractivity (Wildman–Crippen MR) is 74.3 cm³/mol. The maximum absolute atomic E-state index is 12.0. The second-order valence-corrected chi connectivity index (χ2v) is 4.50. The van der Waals surface area contributed by atoms with Gasteiger partial charge in [-0.1, -0.05) is 13.3 Å². The first-order valence-corrected chi connectivity index (χ1v) is 6.54. The van der Waals surface area contributed by atoms with E-state index in [-0.39, 0.29) is 11.6 Å². The molecule has 4 heteroatoms. The summed E-state index contributed by atoms with van der Waals surface area (Å²) >= 11 is 0. The molecule has 2 rings (SSSR count). The molecule has 0 saturated carbocycles. The van der Waals surface area contributed by atoms with Crippen molar-refractivity contribution in [2.45, 2.75) is 19.8 Å². The zero-order chi connectivity index (χ0) is 13.8. The topological polar surface area (TPSA) is 58.2 Å². The number of rotatable bonds is 5. The lowest BCUT2D eigenvalue weighted by Gasteiger charge is -2.22. The Labute approximate surface area is 113 Å². The molecular weight excluding hydrogens is 240 g/mol. The van der Waals surface area contributed by atoms with Crippen molar-refractivity contribution in [2.24, 2.45) is 0 Å². The van der Waals surface area contributed by atoms with Crippen LogP contribution in [0.25, 0.3) is 0 Å². The maximum atomic E-state index is 12.0. The van der Waals surface area contributed by atoms with E-state index in [9.17, 15) is 9.59 Å². The Kier molecular flexibility index (Phi) is 4.00. The van der Waals surface area contributed by atoms with E-state index >= 15 is 0 Å². The van der Waals surface area contributed by atoms with Gasteiger partial charge in [0.2, 0.25) is 0 Å². The van der Waals surface area contributed by atoms with Gasteiger partial charge < -0.3 is 10.6 Å². The molecule has 19 heavy (non-hydrogen) atoms. The third kappa shape index (κ3) is 2.52. The minimum atomic E-state index is -0.127. The lowest BCUT2D eigenvalue weighted by molar-refractivity contribution is -0.114. The minimum Gasteiger partial charge on any atom is -0.388 e. The molecule has 2 aliphatic carbocycles. The zero-order valence-corrected chi connectivity index (χ0v) is 11.2. The fraction of sp³-hybridized carbons (Fsp3) is 0.333. The Hall–Kier alpha value is -2.10. The average molecular weight is 258 g/mol. The fourth-order valence-corrected chi connectivity index (χ4v) is 2.19. The number of carbonyl (C=O) groups excluding carboxylic acids is 2. The number of hydrogen-bond acceptors (Lipinski definition) is 4. The van der Waals surface area contributed by atoms with Crippen molar-refractivity contribution in [3.63, 3.8) is 0 Å². The first-order valence-electron chi connectivity index (χ1n) is 6.54. The van der Waals surface area contributed by atoms with E-state index in [1.807, 2.05) is 0 Å². The molecule has 0 heterocycles. The van der Waals surface area contributed by atoms with E-state index < -0.39 is 0 Å². The van der Waals surface area contributed by atoms with E-state index in [4.69, 9.17) is 0 Å². The number of allylic oxidation sites excluding steroid dienone is 6. The van der Waals surface area contributed by atoms with Gasteiger partial charge in [0, 0.05) is 25.0 Å². The first kappa shape index (κ1) is 13.3. The Bertz CT molecular complexity index is 536. The van der Waals surface area contributed by atoms with Crippen LogP contribution in [0.1, 0.15) is 19.8 Å². The first-order chi connectivity index (χ1) is 9.19. The molecule has 4 nitrogen and oxygen atoms in total. The largest absolute Gasteiger partial charge is 0.388 e. The molecule has 0 radical (unpaired) electrons. The van der Waals surface area contributed by atoms with Gasteiger partial charge in [0.05, 0.1) is 11.1 Å². The van der Waals surface area contributed by atoms with Gasteiger partial charge in [0.1, 0.15) is 0 Å². The predicted octanol–water partition coefficient (Wildman–Crippen LogP) is 1.38. The Balaban J connectivity index is 2.41. The summed E-state index contributed by atoms with van der Waals surface area (Å²) < 4.78 is 0. The van der Waals surface area contributed by atoms with E-state index in [0.29, 0.717) is 16.8 Å². The normalized spacial score (nSPS) is 18.0. The molecule has 100 valence electrons. The van der Waals surface area contributed by atoms with Crippen LogP contribution in [0.2, 0.25) is 0 Å². The minimum absolute atomic E-state index is 0.120. The van der Waals surface area contributed by atoms with Crippen LogP contribution < -0.4 is 10.6 Å². The molecule has 0 aromatic heterocycles. The summed E-state index contributed by atoms with van der Waals surface area (Å²) in [6, 6.07) is 0. The molecule has 0 aromatic rings. The van der Waals surface area contributed by atoms with Crippen molar-refractivity contribution < 1.29 is 9.59 Å². The second kappa shape index (κ2) is 5.69. The van der Waals surface area contributed by atoms with Crippen LogP contribution in [0.3, 0.4) is 0 Å². The van der Waals surface area contributed by atoms with Crippen LogP contribution in [0, 0.1) is 0 Å². The van der Waals surface area contributed by atoms with E-state index in [2.05, 4.69) is 17.6 Å². The number of fused-ring (bicyclic) bond motifs is 1. The van der Waals surface area contributed by atoms with E-state index in [0.717, 1.165) is 25.1 Å². The molecule has 0 atom stereocenters. The van der Waals surface area contributed by atoms with Gasteiger partial charge in [-0.3, -0.25) is 9.59 Å². The van der Waals surface area contributed by atoms with Crippen molar-refractivity contribution in [3.8, 4) is 0 Å². The van der Waals surface area contributed by atoms with Crippen LogP contribution in [0.5, 0.6) is 0 Å². The monoisotopic (exact) mass is 258 g/mol. The highest BCUT2D eigenvalue weighted by molar-refractivity contribution is 6.23. The lowest BCUT2D eigenvalue weighted by Crippen LogP contribution is -2.28. The third-order valence-corrected chi connectivity index (χ3v) is 3.20. The van der Waals surface area contributed by atoms with Crippen LogP contribution >= 0.6 is 0 Å². The zero-order valence-electron chi connectivity index (χ0n) is 11.2. The summed E-state index contributed by atoms with van der Waals surface area (Å²) in [5, 5.41) is 6.21. The summed E-state index contributed by atoms with van der Waals surface area (Å²) in [4.78, 5) is 24.0. The maximum Gasteiger partial charge on any atom is 0.188 e. The van der Waals surface area contributed by atoms with Gasteiger partial charge in [-0.15, -0.1) is 0 Å². The quantitative estimate of drug-likeness (QED) is 0.731. The molecule has 0 spiro atoms. The Morgan fingerprint density at radius 1 is 0.947 bits per heavy atom. The van der Waals surface area contributed by atoms with Crippen molar-refractivity contribution in [1.29, 1.82) is 0 Å². The van der Waals surface area contributed by atoms with Gasteiger partial charge in [-0.05, 0) is 30.7 Å². The highest BCUT2D eigenvalue weighted by atomic mass is 16.1. The summed E-state index contributed by atoms with van der Waals surface area (Å²) in [7, 11) is 1.75. The molecule has 2 aliphatic rings.